The molecule has 0 amide bonds. The molecule has 0 fully saturated rings. The van der Waals surface area contributed by atoms with Gasteiger partial charge >= 0.3 is 0 Å². The Morgan fingerprint density at radius 2 is 2.29 bits per heavy atom. The number of allylic oxidation sites excluding steroid dienone is 2. The molecule has 0 bridgehead atoms. The van der Waals surface area contributed by atoms with Gasteiger partial charge in [-0.1, -0.05) is 6.08 Å². The predicted molar refractivity (Wildman–Crippen MR) is 62.4 cm³/mol. The largest absolute Gasteiger partial charge is 0.355 e. The van der Waals surface area contributed by atoms with Crippen LogP contribution in [0.25, 0.3) is 22.2 Å². The van der Waals surface area contributed by atoms with E-state index in [2.05, 4.69) is 41.9 Å². The summed E-state index contributed by atoms with van der Waals surface area (Å²) in [5, 5.41) is 1.33. The second-order valence-corrected chi connectivity index (χ2v) is 4.50. The summed E-state index contributed by atoms with van der Waals surface area (Å²) >= 11 is 1.83. The second kappa shape index (κ2) is 2.74. The van der Waals surface area contributed by atoms with Gasteiger partial charge in [-0.25, -0.2) is 0 Å². The number of fused-ring (bicyclic) bond motifs is 3. The van der Waals surface area contributed by atoms with E-state index in [1.165, 1.54) is 20.5 Å². The van der Waals surface area contributed by atoms with Crippen LogP contribution in [0.2, 0.25) is 0 Å². The molecule has 2 aromatic rings. The third-order valence-electron chi connectivity index (χ3n) is 2.36. The van der Waals surface area contributed by atoms with Crippen LogP contribution in [0.3, 0.4) is 0 Å². The summed E-state index contributed by atoms with van der Waals surface area (Å²) in [6.45, 7) is 0. The summed E-state index contributed by atoms with van der Waals surface area (Å²) < 4.78 is 3.45. The minimum Gasteiger partial charge on any atom is -0.355 e. The van der Waals surface area contributed by atoms with Gasteiger partial charge in [-0.2, -0.15) is 0 Å². The van der Waals surface area contributed by atoms with Crippen LogP contribution in [0, 0.1) is 0 Å². The topological polar surface area (TPSA) is 4.93 Å². The molecule has 0 spiro atoms. The standard InChI is InChI=1S/C12H9NS/c1-13-7-10-9-5-3-2-4-6-11(9)14-12(10)8-13/h2,4-8H,1H3. The van der Waals surface area contributed by atoms with E-state index in [1.54, 1.807) is 0 Å². The number of aromatic nitrogens is 1. The van der Waals surface area contributed by atoms with Gasteiger partial charge in [0, 0.05) is 35.3 Å². The van der Waals surface area contributed by atoms with E-state index in [1.807, 2.05) is 23.5 Å². The highest BCUT2D eigenvalue weighted by atomic mass is 32.1. The monoisotopic (exact) mass is 199 g/mol. The molecular weight excluding hydrogens is 190 g/mol. The van der Waals surface area contributed by atoms with Gasteiger partial charge in [0.25, 0.3) is 0 Å². The van der Waals surface area contributed by atoms with Crippen LogP contribution >= 0.6 is 11.3 Å². The van der Waals surface area contributed by atoms with Gasteiger partial charge in [0.1, 0.15) is 0 Å². The first kappa shape index (κ1) is 7.86. The lowest BCUT2D eigenvalue weighted by Gasteiger charge is -1.90. The summed E-state index contributed by atoms with van der Waals surface area (Å²) in [6, 6.07) is 0. The molecule has 1 aliphatic carbocycles. The van der Waals surface area contributed by atoms with E-state index in [0.717, 1.165) is 0 Å². The van der Waals surface area contributed by atoms with Crippen molar-refractivity contribution in [1.29, 1.82) is 0 Å². The van der Waals surface area contributed by atoms with Crippen molar-refractivity contribution in [3.05, 3.63) is 40.7 Å². The molecule has 0 radical (unpaired) electrons. The van der Waals surface area contributed by atoms with Gasteiger partial charge in [-0.15, -0.1) is 17.1 Å². The van der Waals surface area contributed by atoms with Gasteiger partial charge < -0.3 is 4.57 Å². The highest BCUT2D eigenvalue weighted by Crippen LogP contribution is 2.34. The zero-order chi connectivity index (χ0) is 9.54. The number of nitrogens with zero attached hydrogens (tertiary/aromatic N) is 1. The molecule has 1 nitrogen and oxygen atoms in total. The van der Waals surface area contributed by atoms with Crippen molar-refractivity contribution in [2.24, 2.45) is 7.05 Å². The van der Waals surface area contributed by atoms with E-state index in [4.69, 9.17) is 0 Å². The maximum Gasteiger partial charge on any atom is 0.0532 e. The van der Waals surface area contributed by atoms with Crippen LogP contribution in [0.5, 0.6) is 0 Å². The average Bonchev–Trinajstić information content (AvgIpc) is 2.55. The molecule has 0 saturated carbocycles. The number of hydrogen-bond acceptors (Lipinski definition) is 1. The van der Waals surface area contributed by atoms with Crippen LogP contribution < -0.4 is 0 Å². The number of rotatable bonds is 0. The SMILES string of the molecule is Cn1cc2sc3c(c2c1)C=C=CC=C3. The van der Waals surface area contributed by atoms with Crippen LogP contribution in [-0.4, -0.2) is 4.57 Å². The average molecular weight is 199 g/mol. The zero-order valence-corrected chi connectivity index (χ0v) is 8.64. The fourth-order valence-corrected chi connectivity index (χ4v) is 2.90. The number of thiophene rings is 1. The van der Waals surface area contributed by atoms with Crippen LogP contribution in [0.15, 0.2) is 30.3 Å². The molecule has 0 aliphatic heterocycles. The van der Waals surface area contributed by atoms with Crippen LogP contribution in [0.4, 0.5) is 0 Å². The molecule has 0 N–H and O–H groups in total. The molecule has 0 unspecified atom stereocenters. The van der Waals surface area contributed by atoms with Gasteiger partial charge in [-0.3, -0.25) is 0 Å². The van der Waals surface area contributed by atoms with Crippen molar-refractivity contribution in [3.8, 4) is 0 Å². The normalized spacial score (nSPS) is 13.5. The zero-order valence-electron chi connectivity index (χ0n) is 7.82. The van der Waals surface area contributed by atoms with Gasteiger partial charge in [-0.05, 0) is 18.2 Å². The third-order valence-corrected chi connectivity index (χ3v) is 3.48. The Balaban J connectivity index is 2.44. The first-order valence-corrected chi connectivity index (χ1v) is 5.34. The molecule has 2 heteroatoms. The smallest absolute Gasteiger partial charge is 0.0532 e. The third kappa shape index (κ3) is 1.02. The quantitative estimate of drug-likeness (QED) is 0.573. The predicted octanol–water partition coefficient (Wildman–Crippen LogP) is 3.43. The first-order chi connectivity index (χ1) is 6.84. The highest BCUT2D eigenvalue weighted by Gasteiger charge is 2.09. The Morgan fingerprint density at radius 1 is 1.36 bits per heavy atom. The summed E-state index contributed by atoms with van der Waals surface area (Å²) in [7, 11) is 2.06. The summed E-state index contributed by atoms with van der Waals surface area (Å²) in [5.74, 6) is 0. The fraction of sp³-hybridized carbons (Fsp3) is 0.0833. The van der Waals surface area contributed by atoms with Gasteiger partial charge in [0.15, 0.2) is 0 Å². The van der Waals surface area contributed by atoms with Crippen molar-refractivity contribution < 1.29 is 0 Å². The van der Waals surface area contributed by atoms with E-state index in [9.17, 15) is 0 Å². The lowest BCUT2D eigenvalue weighted by molar-refractivity contribution is 0.934. The van der Waals surface area contributed by atoms with E-state index < -0.39 is 0 Å². The van der Waals surface area contributed by atoms with Crippen molar-refractivity contribution in [3.63, 3.8) is 0 Å². The molecule has 0 atom stereocenters. The molecule has 68 valence electrons. The summed E-state index contributed by atoms with van der Waals surface area (Å²) in [5.41, 5.74) is 4.45. The second-order valence-electron chi connectivity index (χ2n) is 3.42. The molecule has 2 aromatic heterocycles. The van der Waals surface area contributed by atoms with Crippen molar-refractivity contribution in [2.45, 2.75) is 0 Å². The van der Waals surface area contributed by atoms with Crippen molar-refractivity contribution in [1.82, 2.24) is 4.57 Å². The molecule has 1 aliphatic rings. The summed E-state index contributed by atoms with van der Waals surface area (Å²) in [6.07, 6.45) is 12.5. The number of aryl methyl sites for hydroxylation is 1. The van der Waals surface area contributed by atoms with Gasteiger partial charge in [0.2, 0.25) is 0 Å². The molecule has 3 rings (SSSR count). The minimum atomic E-state index is 1.30. The van der Waals surface area contributed by atoms with E-state index in [-0.39, 0.29) is 0 Å². The lowest BCUT2D eigenvalue weighted by Crippen LogP contribution is -1.78. The first-order valence-electron chi connectivity index (χ1n) is 4.52. The maximum atomic E-state index is 3.15. The van der Waals surface area contributed by atoms with E-state index >= 15 is 0 Å². The Bertz CT molecular complexity index is 589. The molecule has 14 heavy (non-hydrogen) atoms. The Labute approximate surface area is 86.3 Å². The lowest BCUT2D eigenvalue weighted by atomic mass is 10.2. The molecule has 0 saturated heterocycles. The maximum absolute atomic E-state index is 3.15. The number of hydrogen-bond donors (Lipinski definition) is 0. The Hall–Kier alpha value is -1.50. The Kier molecular flexibility index (Phi) is 1.54. The molecule has 0 aromatic carbocycles. The molecule has 2 heterocycles. The van der Waals surface area contributed by atoms with E-state index in [0.29, 0.717) is 0 Å². The molecular formula is C12H9NS. The highest BCUT2D eigenvalue weighted by molar-refractivity contribution is 7.20. The van der Waals surface area contributed by atoms with Crippen molar-refractivity contribution in [2.75, 3.05) is 0 Å². The Morgan fingerprint density at radius 3 is 3.21 bits per heavy atom. The van der Waals surface area contributed by atoms with Crippen LogP contribution in [0.1, 0.15) is 10.4 Å². The van der Waals surface area contributed by atoms with Crippen LogP contribution in [-0.2, 0) is 7.05 Å². The summed E-state index contributed by atoms with van der Waals surface area (Å²) in [4.78, 5) is 1.33. The minimum absolute atomic E-state index is 1.30. The van der Waals surface area contributed by atoms with Crippen molar-refractivity contribution >= 4 is 33.6 Å². The fourth-order valence-electron chi connectivity index (χ4n) is 1.74. The van der Waals surface area contributed by atoms with Gasteiger partial charge in [0.05, 0.1) is 4.70 Å².